The molecule has 0 aliphatic carbocycles. The van der Waals surface area contributed by atoms with Crippen LogP contribution < -0.4 is 9.80 Å². The summed E-state index contributed by atoms with van der Waals surface area (Å²) < 4.78 is 0. The summed E-state index contributed by atoms with van der Waals surface area (Å²) in [6, 6.07) is 12.3. The molecule has 1 aliphatic rings. The number of hydrogen-bond acceptors (Lipinski definition) is 6. The number of rotatable bonds is 6. The Bertz CT molecular complexity index is 883. The molecule has 1 aliphatic heterocycles. The summed E-state index contributed by atoms with van der Waals surface area (Å²) in [6.07, 6.45) is 2.89. The van der Waals surface area contributed by atoms with Gasteiger partial charge in [0, 0.05) is 0 Å². The standard InChI is InChI=1S/C18H12N4O4/c23-11-19-9-13-3-1-5-15(7-13)21-17(25)22(18(21)26)16-6-2-4-14(8-16)10-20-12-24/h1-8H,9-10H2. The molecular weight excluding hydrogens is 336 g/mol. The van der Waals surface area contributed by atoms with Crippen LogP contribution in [0, 0.1) is 0 Å². The van der Waals surface area contributed by atoms with Crippen molar-refractivity contribution in [2.75, 3.05) is 9.80 Å². The normalized spacial score (nSPS) is 12.9. The number of urea groups is 2. The van der Waals surface area contributed by atoms with Crippen molar-refractivity contribution < 1.29 is 19.2 Å². The van der Waals surface area contributed by atoms with E-state index in [0.29, 0.717) is 22.5 Å². The predicted molar refractivity (Wildman–Crippen MR) is 92.3 cm³/mol. The molecular formula is C18H12N4O4. The van der Waals surface area contributed by atoms with Crippen molar-refractivity contribution >= 4 is 35.6 Å². The minimum absolute atomic E-state index is 0.122. The van der Waals surface area contributed by atoms with Gasteiger partial charge in [0.2, 0.25) is 12.2 Å². The second-order valence-electron chi connectivity index (χ2n) is 5.39. The van der Waals surface area contributed by atoms with Crippen LogP contribution in [0.15, 0.2) is 58.5 Å². The maximum Gasteiger partial charge on any atom is 0.345 e. The van der Waals surface area contributed by atoms with Gasteiger partial charge in [-0.05, 0) is 35.4 Å². The highest BCUT2D eigenvalue weighted by Gasteiger charge is 2.45. The van der Waals surface area contributed by atoms with E-state index >= 15 is 0 Å². The van der Waals surface area contributed by atoms with Crippen molar-refractivity contribution in [1.29, 1.82) is 0 Å². The number of nitrogens with zero attached hydrogens (tertiary/aromatic N) is 4. The first-order chi connectivity index (χ1) is 12.7. The number of carbonyl (C=O) groups excluding carboxylic acids is 4. The highest BCUT2D eigenvalue weighted by atomic mass is 16.2. The Morgan fingerprint density at radius 2 is 1.15 bits per heavy atom. The summed E-state index contributed by atoms with van der Waals surface area (Å²) in [5, 5.41) is 0. The van der Waals surface area contributed by atoms with Gasteiger partial charge in [0.1, 0.15) is 0 Å². The van der Waals surface area contributed by atoms with Crippen LogP contribution in [-0.4, -0.2) is 24.2 Å². The summed E-state index contributed by atoms with van der Waals surface area (Å²) in [7, 11) is 0. The minimum Gasteiger partial charge on any atom is -0.246 e. The van der Waals surface area contributed by atoms with E-state index in [0.717, 1.165) is 9.80 Å². The maximum absolute atomic E-state index is 12.5. The first-order valence-electron chi connectivity index (χ1n) is 7.59. The van der Waals surface area contributed by atoms with E-state index in [1.54, 1.807) is 48.5 Å². The van der Waals surface area contributed by atoms with Crippen molar-refractivity contribution in [3.63, 3.8) is 0 Å². The molecule has 3 rings (SSSR count). The molecule has 0 atom stereocenters. The Labute approximate surface area is 148 Å². The molecule has 0 spiro atoms. The summed E-state index contributed by atoms with van der Waals surface area (Å²) in [5.41, 5.74) is 2.16. The van der Waals surface area contributed by atoms with Crippen LogP contribution in [0.25, 0.3) is 0 Å². The van der Waals surface area contributed by atoms with Crippen LogP contribution in [-0.2, 0) is 22.7 Å². The third-order valence-corrected chi connectivity index (χ3v) is 3.76. The number of anilines is 2. The maximum atomic E-state index is 12.5. The lowest BCUT2D eigenvalue weighted by Gasteiger charge is -2.39. The molecule has 0 unspecified atom stereocenters. The molecule has 1 saturated heterocycles. The van der Waals surface area contributed by atoms with Crippen LogP contribution in [0.2, 0.25) is 0 Å². The van der Waals surface area contributed by atoms with Crippen LogP contribution in [0.5, 0.6) is 0 Å². The van der Waals surface area contributed by atoms with Gasteiger partial charge in [-0.25, -0.2) is 39.0 Å². The average Bonchev–Trinajstić information content (AvgIpc) is 2.65. The molecule has 1 heterocycles. The summed E-state index contributed by atoms with van der Waals surface area (Å²) in [4.78, 5) is 54.4. The van der Waals surface area contributed by atoms with Crippen molar-refractivity contribution in [2.24, 2.45) is 9.98 Å². The van der Waals surface area contributed by atoms with E-state index in [2.05, 4.69) is 9.98 Å². The lowest BCUT2D eigenvalue weighted by molar-refractivity contribution is 0.226. The van der Waals surface area contributed by atoms with E-state index in [9.17, 15) is 19.2 Å². The number of imide groups is 2. The molecule has 0 N–H and O–H groups in total. The zero-order chi connectivity index (χ0) is 18.5. The van der Waals surface area contributed by atoms with Gasteiger partial charge >= 0.3 is 12.1 Å². The molecule has 8 heteroatoms. The molecule has 0 radical (unpaired) electrons. The third kappa shape index (κ3) is 3.18. The zero-order valence-electron chi connectivity index (χ0n) is 13.5. The van der Waals surface area contributed by atoms with E-state index < -0.39 is 12.1 Å². The summed E-state index contributed by atoms with van der Waals surface area (Å²) >= 11 is 0. The molecule has 4 amide bonds. The molecule has 1 fully saturated rings. The Morgan fingerprint density at radius 1 is 0.731 bits per heavy atom. The van der Waals surface area contributed by atoms with Crippen molar-refractivity contribution in [2.45, 2.75) is 13.1 Å². The topological polar surface area (TPSA) is 99.5 Å². The third-order valence-electron chi connectivity index (χ3n) is 3.76. The van der Waals surface area contributed by atoms with Crippen LogP contribution >= 0.6 is 0 Å². The van der Waals surface area contributed by atoms with Gasteiger partial charge in [-0.1, -0.05) is 24.3 Å². The van der Waals surface area contributed by atoms with Crippen LogP contribution in [0.1, 0.15) is 11.1 Å². The van der Waals surface area contributed by atoms with Gasteiger partial charge in [0.05, 0.1) is 24.5 Å². The smallest absolute Gasteiger partial charge is 0.246 e. The molecule has 0 aromatic heterocycles. The first-order valence-corrected chi connectivity index (χ1v) is 7.59. The van der Waals surface area contributed by atoms with Crippen LogP contribution in [0.4, 0.5) is 21.0 Å². The Kier molecular flexibility index (Phi) is 4.80. The molecule has 0 saturated carbocycles. The molecule has 26 heavy (non-hydrogen) atoms. The lowest BCUT2D eigenvalue weighted by Crippen LogP contribution is -2.64. The first kappa shape index (κ1) is 17.0. The van der Waals surface area contributed by atoms with Gasteiger partial charge < -0.3 is 0 Å². The lowest BCUT2D eigenvalue weighted by atomic mass is 10.1. The number of carbonyl (C=O) groups is 2. The molecule has 0 bridgehead atoms. The monoisotopic (exact) mass is 348 g/mol. The SMILES string of the molecule is O=C=NCc1cccc(N2C(=O)N(c3cccc(CN=C=O)c3)C2=O)c1. The second-order valence-corrected chi connectivity index (χ2v) is 5.39. The Hall–Kier alpha value is -3.86. The van der Waals surface area contributed by atoms with Gasteiger partial charge in [0.15, 0.2) is 0 Å². The average molecular weight is 348 g/mol. The number of amides is 4. The molecule has 2 aromatic carbocycles. The number of benzene rings is 2. The highest BCUT2D eigenvalue weighted by Crippen LogP contribution is 2.31. The Balaban J connectivity index is 1.82. The fourth-order valence-electron chi connectivity index (χ4n) is 2.60. The molecule has 128 valence electrons. The number of isocyanates is 2. The van der Waals surface area contributed by atoms with E-state index in [4.69, 9.17) is 0 Å². The zero-order valence-corrected chi connectivity index (χ0v) is 13.5. The molecule has 2 aromatic rings. The summed E-state index contributed by atoms with van der Waals surface area (Å²) in [6.45, 7) is 0.243. The van der Waals surface area contributed by atoms with Crippen molar-refractivity contribution in [1.82, 2.24) is 0 Å². The van der Waals surface area contributed by atoms with Crippen LogP contribution in [0.3, 0.4) is 0 Å². The highest BCUT2D eigenvalue weighted by molar-refractivity contribution is 6.41. The molecule has 8 nitrogen and oxygen atoms in total. The predicted octanol–water partition coefficient (Wildman–Crippen LogP) is 2.92. The van der Waals surface area contributed by atoms with Gasteiger partial charge in [-0.2, -0.15) is 0 Å². The fraction of sp³-hybridized carbons (Fsp3) is 0.111. The fourth-order valence-corrected chi connectivity index (χ4v) is 2.60. The number of hydrogen-bond donors (Lipinski definition) is 0. The van der Waals surface area contributed by atoms with E-state index in [-0.39, 0.29) is 13.1 Å². The second kappa shape index (κ2) is 7.36. The van der Waals surface area contributed by atoms with E-state index in [1.165, 1.54) is 12.2 Å². The van der Waals surface area contributed by atoms with Crippen molar-refractivity contribution in [3.05, 3.63) is 59.7 Å². The van der Waals surface area contributed by atoms with Gasteiger partial charge in [0.25, 0.3) is 0 Å². The van der Waals surface area contributed by atoms with Gasteiger partial charge in [-0.3, -0.25) is 0 Å². The quantitative estimate of drug-likeness (QED) is 0.592. The largest absolute Gasteiger partial charge is 0.345 e. The van der Waals surface area contributed by atoms with Gasteiger partial charge in [-0.15, -0.1) is 0 Å². The number of aliphatic imine (C=N–C) groups is 2. The Morgan fingerprint density at radius 3 is 1.54 bits per heavy atom. The van der Waals surface area contributed by atoms with Crippen molar-refractivity contribution in [3.8, 4) is 0 Å². The summed E-state index contributed by atoms with van der Waals surface area (Å²) in [5.74, 6) is 0. The minimum atomic E-state index is -0.498. The van der Waals surface area contributed by atoms with E-state index in [1.807, 2.05) is 0 Å².